The summed E-state index contributed by atoms with van der Waals surface area (Å²) in [6, 6.07) is 3.55. The Morgan fingerprint density at radius 3 is 2.57 bits per heavy atom. The van der Waals surface area contributed by atoms with Crippen molar-refractivity contribution in [2.45, 2.75) is 19.9 Å². The number of nitrogens with two attached hydrogens (primary N) is 1. The minimum atomic E-state index is -0.265. The van der Waals surface area contributed by atoms with E-state index in [0.29, 0.717) is 36.1 Å². The van der Waals surface area contributed by atoms with E-state index in [1.165, 1.54) is 0 Å². The maximum absolute atomic E-state index is 11.5. The molecule has 0 radical (unpaired) electrons. The molecular weight excluding hydrogens is 274 g/mol. The van der Waals surface area contributed by atoms with Crippen molar-refractivity contribution in [2.24, 2.45) is 0 Å². The average Bonchev–Trinajstić information content (AvgIpc) is 2.78. The second-order valence-corrected chi connectivity index (χ2v) is 4.37. The van der Waals surface area contributed by atoms with Gasteiger partial charge in [0.2, 0.25) is 5.95 Å². The monoisotopic (exact) mass is 293 g/mol. The molecule has 2 N–H and O–H groups in total. The molecule has 0 saturated heterocycles. The number of esters is 1. The molecule has 7 nitrogen and oxygen atoms in total. The van der Waals surface area contributed by atoms with E-state index in [1.54, 1.807) is 37.8 Å². The van der Waals surface area contributed by atoms with E-state index in [2.05, 4.69) is 4.98 Å². The Balaban J connectivity index is 2.35. The van der Waals surface area contributed by atoms with Gasteiger partial charge in [-0.15, -0.1) is 0 Å². The standard InChI is InChI=1S/C14H19N3O4/c1-4-21-13(18)5-6-17-10-8-12(20-3)11(19-2)7-9(10)16-14(17)15/h7-8H,4-6H2,1-3H3,(H2,15,16). The molecule has 114 valence electrons. The van der Waals surface area contributed by atoms with Gasteiger partial charge in [0.25, 0.3) is 0 Å². The number of hydrogen-bond acceptors (Lipinski definition) is 6. The molecule has 0 saturated carbocycles. The largest absolute Gasteiger partial charge is 0.493 e. The van der Waals surface area contributed by atoms with Crippen molar-refractivity contribution in [1.29, 1.82) is 0 Å². The van der Waals surface area contributed by atoms with Crippen LogP contribution in [-0.2, 0) is 16.1 Å². The molecule has 0 bridgehead atoms. The number of benzene rings is 1. The third kappa shape index (κ3) is 3.01. The number of fused-ring (bicyclic) bond motifs is 1. The quantitative estimate of drug-likeness (QED) is 0.814. The van der Waals surface area contributed by atoms with Crippen molar-refractivity contribution in [3.05, 3.63) is 12.1 Å². The van der Waals surface area contributed by atoms with Gasteiger partial charge in [0.15, 0.2) is 11.5 Å². The minimum Gasteiger partial charge on any atom is -0.493 e. The summed E-state index contributed by atoms with van der Waals surface area (Å²) in [7, 11) is 3.12. The maximum atomic E-state index is 11.5. The summed E-state index contributed by atoms with van der Waals surface area (Å²) in [6.45, 7) is 2.54. The van der Waals surface area contributed by atoms with Crippen LogP contribution in [0.3, 0.4) is 0 Å². The van der Waals surface area contributed by atoms with Crippen LogP contribution >= 0.6 is 0 Å². The summed E-state index contributed by atoms with van der Waals surface area (Å²) in [5, 5.41) is 0. The number of anilines is 1. The van der Waals surface area contributed by atoms with Gasteiger partial charge in [0.05, 0.1) is 38.3 Å². The number of methoxy groups -OCH3 is 2. The fraction of sp³-hybridized carbons (Fsp3) is 0.429. The second-order valence-electron chi connectivity index (χ2n) is 4.37. The van der Waals surface area contributed by atoms with Crippen molar-refractivity contribution in [1.82, 2.24) is 9.55 Å². The predicted molar refractivity (Wildman–Crippen MR) is 78.5 cm³/mol. The Bertz CT molecular complexity index is 651. The fourth-order valence-corrected chi connectivity index (χ4v) is 2.14. The summed E-state index contributed by atoms with van der Waals surface area (Å²) < 4.78 is 17.2. The van der Waals surface area contributed by atoms with E-state index < -0.39 is 0 Å². The van der Waals surface area contributed by atoms with Gasteiger partial charge in [0.1, 0.15) is 0 Å². The Hall–Kier alpha value is -2.44. The van der Waals surface area contributed by atoms with E-state index in [4.69, 9.17) is 19.9 Å². The topological polar surface area (TPSA) is 88.6 Å². The highest BCUT2D eigenvalue weighted by molar-refractivity contribution is 5.82. The zero-order chi connectivity index (χ0) is 15.4. The molecule has 1 heterocycles. The molecule has 0 aliphatic heterocycles. The number of imidazole rings is 1. The van der Waals surface area contributed by atoms with Gasteiger partial charge in [-0.3, -0.25) is 4.79 Å². The van der Waals surface area contributed by atoms with Gasteiger partial charge in [-0.25, -0.2) is 4.98 Å². The summed E-state index contributed by atoms with van der Waals surface area (Å²) in [6.07, 6.45) is 0.234. The molecule has 21 heavy (non-hydrogen) atoms. The maximum Gasteiger partial charge on any atom is 0.307 e. The Labute approximate surface area is 122 Å². The van der Waals surface area contributed by atoms with Crippen molar-refractivity contribution >= 4 is 23.0 Å². The van der Waals surface area contributed by atoms with Crippen molar-refractivity contribution in [3.63, 3.8) is 0 Å². The minimum absolute atomic E-state index is 0.234. The first-order chi connectivity index (χ1) is 10.1. The van der Waals surface area contributed by atoms with Crippen LogP contribution in [0.15, 0.2) is 12.1 Å². The van der Waals surface area contributed by atoms with Crippen LogP contribution in [0.5, 0.6) is 11.5 Å². The smallest absolute Gasteiger partial charge is 0.307 e. The molecule has 0 spiro atoms. The third-order valence-electron chi connectivity index (χ3n) is 3.13. The van der Waals surface area contributed by atoms with Crippen LogP contribution in [0.25, 0.3) is 11.0 Å². The van der Waals surface area contributed by atoms with Gasteiger partial charge in [-0.1, -0.05) is 0 Å². The van der Waals surface area contributed by atoms with Crippen molar-refractivity contribution in [2.75, 3.05) is 26.6 Å². The number of carbonyl (C=O) groups is 1. The first-order valence-electron chi connectivity index (χ1n) is 6.64. The summed E-state index contributed by atoms with van der Waals surface area (Å²) in [5.74, 6) is 1.24. The summed E-state index contributed by atoms with van der Waals surface area (Å²) in [4.78, 5) is 15.7. The Kier molecular flexibility index (Phi) is 4.52. The summed E-state index contributed by atoms with van der Waals surface area (Å²) >= 11 is 0. The highest BCUT2D eigenvalue weighted by Gasteiger charge is 2.14. The molecule has 7 heteroatoms. The van der Waals surface area contributed by atoms with Gasteiger partial charge >= 0.3 is 5.97 Å². The molecule has 0 aliphatic rings. The predicted octanol–water partition coefficient (Wildman–Crippen LogP) is 1.59. The lowest BCUT2D eigenvalue weighted by Gasteiger charge is -2.09. The van der Waals surface area contributed by atoms with Crippen LogP contribution in [0.1, 0.15) is 13.3 Å². The van der Waals surface area contributed by atoms with Crippen molar-refractivity contribution in [3.8, 4) is 11.5 Å². The fourth-order valence-electron chi connectivity index (χ4n) is 2.14. The highest BCUT2D eigenvalue weighted by atomic mass is 16.5. The van der Waals surface area contributed by atoms with Gasteiger partial charge in [0, 0.05) is 18.7 Å². The lowest BCUT2D eigenvalue weighted by atomic mass is 10.2. The number of nitrogen functional groups attached to an aromatic ring is 1. The lowest BCUT2D eigenvalue weighted by Crippen LogP contribution is -2.10. The van der Waals surface area contributed by atoms with Crippen molar-refractivity contribution < 1.29 is 19.0 Å². The first-order valence-corrected chi connectivity index (χ1v) is 6.64. The van der Waals surface area contributed by atoms with Crippen LogP contribution in [0.2, 0.25) is 0 Å². The SMILES string of the molecule is CCOC(=O)CCn1c(N)nc2cc(OC)c(OC)cc21. The van der Waals surface area contributed by atoms with Crippen LogP contribution in [0, 0.1) is 0 Å². The van der Waals surface area contributed by atoms with Gasteiger partial charge in [-0.2, -0.15) is 0 Å². The van der Waals surface area contributed by atoms with E-state index in [-0.39, 0.29) is 12.4 Å². The number of carbonyl (C=O) groups excluding carboxylic acids is 1. The number of aryl methyl sites for hydroxylation is 1. The number of hydrogen-bond donors (Lipinski definition) is 1. The molecule has 2 aromatic rings. The molecular formula is C14H19N3O4. The van der Waals surface area contributed by atoms with E-state index in [9.17, 15) is 4.79 Å². The second kappa shape index (κ2) is 6.34. The molecule has 0 unspecified atom stereocenters. The van der Waals surface area contributed by atoms with Crippen LogP contribution < -0.4 is 15.2 Å². The molecule has 0 amide bonds. The number of nitrogens with zero attached hydrogens (tertiary/aromatic N) is 2. The van der Waals surface area contributed by atoms with E-state index in [1.807, 2.05) is 0 Å². The normalized spacial score (nSPS) is 10.6. The van der Waals surface area contributed by atoms with E-state index in [0.717, 1.165) is 5.52 Å². The Morgan fingerprint density at radius 1 is 1.29 bits per heavy atom. The zero-order valence-electron chi connectivity index (χ0n) is 12.4. The molecule has 1 aromatic carbocycles. The van der Waals surface area contributed by atoms with Gasteiger partial charge < -0.3 is 24.5 Å². The highest BCUT2D eigenvalue weighted by Crippen LogP contribution is 2.32. The zero-order valence-corrected chi connectivity index (χ0v) is 12.4. The molecule has 0 atom stereocenters. The Morgan fingerprint density at radius 2 is 1.95 bits per heavy atom. The number of aromatic nitrogens is 2. The average molecular weight is 293 g/mol. The van der Waals surface area contributed by atoms with Crippen LogP contribution in [0.4, 0.5) is 5.95 Å². The van der Waals surface area contributed by atoms with E-state index >= 15 is 0 Å². The molecule has 0 fully saturated rings. The third-order valence-corrected chi connectivity index (χ3v) is 3.13. The molecule has 2 rings (SSSR count). The molecule has 1 aromatic heterocycles. The lowest BCUT2D eigenvalue weighted by molar-refractivity contribution is -0.143. The summed E-state index contributed by atoms with van der Waals surface area (Å²) in [5.41, 5.74) is 7.39. The first kappa shape index (κ1) is 15.0. The van der Waals surface area contributed by atoms with Gasteiger partial charge in [-0.05, 0) is 6.92 Å². The number of ether oxygens (including phenoxy) is 3. The van der Waals surface area contributed by atoms with Crippen LogP contribution in [-0.4, -0.2) is 36.3 Å². The molecule has 0 aliphatic carbocycles. The number of rotatable bonds is 6.